The molecule has 0 aromatic carbocycles. The molecule has 0 spiro atoms. The lowest BCUT2D eigenvalue weighted by Crippen LogP contribution is -2.47. The maximum atomic E-state index is 11.5. The third-order valence-electron chi connectivity index (χ3n) is 2.57. The van der Waals surface area contributed by atoms with Crippen molar-refractivity contribution in [2.45, 2.75) is 19.9 Å². The van der Waals surface area contributed by atoms with Crippen molar-refractivity contribution in [3.05, 3.63) is 0 Å². The zero-order valence-corrected chi connectivity index (χ0v) is 10.4. The van der Waals surface area contributed by atoms with E-state index < -0.39 is 12.0 Å². The molecular formula is C10H21N3O3. The summed E-state index contributed by atoms with van der Waals surface area (Å²) in [4.78, 5) is 25.4. The van der Waals surface area contributed by atoms with Gasteiger partial charge in [-0.25, -0.2) is 9.59 Å². The number of hydrogen-bond donors (Lipinski definition) is 2. The van der Waals surface area contributed by atoms with Gasteiger partial charge in [-0.1, -0.05) is 6.92 Å². The van der Waals surface area contributed by atoms with Crippen LogP contribution in [0.25, 0.3) is 0 Å². The molecule has 2 N–H and O–H groups in total. The largest absolute Gasteiger partial charge is 0.480 e. The number of likely N-dealkylation sites (N-methyl/N-ethyl adjacent to an activating group) is 2. The fourth-order valence-electron chi connectivity index (χ4n) is 0.978. The third-order valence-corrected chi connectivity index (χ3v) is 2.57. The van der Waals surface area contributed by atoms with Gasteiger partial charge in [0.1, 0.15) is 6.04 Å². The molecule has 0 aliphatic carbocycles. The molecule has 0 aliphatic rings. The van der Waals surface area contributed by atoms with E-state index in [4.69, 9.17) is 5.11 Å². The number of nitrogens with zero attached hydrogens (tertiary/aromatic N) is 2. The van der Waals surface area contributed by atoms with Crippen molar-refractivity contribution in [2.75, 3.05) is 33.7 Å². The highest BCUT2D eigenvalue weighted by Crippen LogP contribution is 1.95. The molecule has 0 aromatic heterocycles. The first-order chi connectivity index (χ1) is 7.40. The molecule has 0 heterocycles. The Morgan fingerprint density at radius 1 is 1.38 bits per heavy atom. The van der Waals surface area contributed by atoms with Gasteiger partial charge in [0.15, 0.2) is 0 Å². The lowest BCUT2D eigenvalue weighted by atomic mass is 10.3. The quantitative estimate of drug-likeness (QED) is 0.677. The van der Waals surface area contributed by atoms with Crippen molar-refractivity contribution in [3.8, 4) is 0 Å². The van der Waals surface area contributed by atoms with Crippen LogP contribution in [0.4, 0.5) is 4.79 Å². The second kappa shape index (κ2) is 7.05. The first-order valence-electron chi connectivity index (χ1n) is 5.32. The Labute approximate surface area is 96.2 Å². The molecule has 1 unspecified atom stereocenters. The highest BCUT2D eigenvalue weighted by Gasteiger charge is 2.20. The number of carboxylic acids is 1. The van der Waals surface area contributed by atoms with E-state index in [0.29, 0.717) is 6.54 Å². The van der Waals surface area contributed by atoms with Crippen LogP contribution in [0.3, 0.4) is 0 Å². The molecule has 16 heavy (non-hydrogen) atoms. The summed E-state index contributed by atoms with van der Waals surface area (Å²) in [5.74, 6) is -1.01. The van der Waals surface area contributed by atoms with E-state index in [2.05, 4.69) is 10.2 Å². The average molecular weight is 231 g/mol. The Morgan fingerprint density at radius 2 is 1.94 bits per heavy atom. The molecule has 0 saturated carbocycles. The topological polar surface area (TPSA) is 72.9 Å². The predicted octanol–water partition coefficient (Wildman–Crippen LogP) is 0.0526. The van der Waals surface area contributed by atoms with Gasteiger partial charge in [-0.05, 0) is 20.5 Å². The first-order valence-corrected chi connectivity index (χ1v) is 5.32. The van der Waals surface area contributed by atoms with Crippen molar-refractivity contribution >= 4 is 12.0 Å². The summed E-state index contributed by atoms with van der Waals surface area (Å²) in [6, 6.07) is -1.18. The van der Waals surface area contributed by atoms with E-state index in [0.717, 1.165) is 13.1 Å². The van der Waals surface area contributed by atoms with Gasteiger partial charge in [0.25, 0.3) is 0 Å². The van der Waals surface area contributed by atoms with Crippen LogP contribution in [-0.2, 0) is 4.79 Å². The SMILES string of the molecule is CCN(C)CCNC(=O)N(C)C(C)C(=O)O. The molecule has 6 nitrogen and oxygen atoms in total. The third kappa shape index (κ3) is 4.97. The number of urea groups is 1. The number of aliphatic carboxylic acids is 1. The standard InChI is InChI=1S/C10H21N3O3/c1-5-12(3)7-6-11-10(16)13(4)8(2)9(14)15/h8H,5-7H2,1-4H3,(H,11,16)(H,14,15). The predicted molar refractivity (Wildman–Crippen MR) is 61.4 cm³/mol. The van der Waals surface area contributed by atoms with Crippen molar-refractivity contribution in [2.24, 2.45) is 0 Å². The van der Waals surface area contributed by atoms with Gasteiger partial charge in [0.2, 0.25) is 0 Å². The van der Waals surface area contributed by atoms with Crippen molar-refractivity contribution in [1.82, 2.24) is 15.1 Å². The van der Waals surface area contributed by atoms with Crippen LogP contribution >= 0.6 is 0 Å². The normalized spacial score (nSPS) is 12.3. The first kappa shape index (κ1) is 14.7. The van der Waals surface area contributed by atoms with Gasteiger partial charge in [-0.2, -0.15) is 0 Å². The molecular weight excluding hydrogens is 210 g/mol. The van der Waals surface area contributed by atoms with Crippen LogP contribution in [0.2, 0.25) is 0 Å². The summed E-state index contributed by atoms with van der Waals surface area (Å²) >= 11 is 0. The highest BCUT2D eigenvalue weighted by atomic mass is 16.4. The molecule has 0 fully saturated rings. The number of carboxylic acid groups (broad SMARTS) is 1. The number of carbonyl (C=O) groups is 2. The summed E-state index contributed by atoms with van der Waals surface area (Å²) in [5, 5.41) is 11.4. The average Bonchev–Trinajstić information content (AvgIpc) is 2.26. The highest BCUT2D eigenvalue weighted by molar-refractivity contribution is 5.82. The van der Waals surface area contributed by atoms with Crippen LogP contribution < -0.4 is 5.32 Å². The van der Waals surface area contributed by atoms with Gasteiger partial charge in [0.05, 0.1) is 0 Å². The van der Waals surface area contributed by atoms with Gasteiger partial charge >= 0.3 is 12.0 Å². The molecule has 6 heteroatoms. The van der Waals surface area contributed by atoms with Crippen LogP contribution in [0.5, 0.6) is 0 Å². The number of amides is 2. The minimum atomic E-state index is -1.01. The molecule has 0 aromatic rings. The van der Waals surface area contributed by atoms with E-state index in [-0.39, 0.29) is 6.03 Å². The molecule has 94 valence electrons. The van der Waals surface area contributed by atoms with Gasteiger partial charge in [0, 0.05) is 20.1 Å². The van der Waals surface area contributed by atoms with Gasteiger partial charge in [-0.15, -0.1) is 0 Å². The Kier molecular flexibility index (Phi) is 6.48. The summed E-state index contributed by atoms with van der Waals surface area (Å²) in [7, 11) is 3.42. The fraction of sp³-hybridized carbons (Fsp3) is 0.800. The lowest BCUT2D eigenvalue weighted by Gasteiger charge is -2.22. The Hall–Kier alpha value is -1.30. The molecule has 2 amide bonds. The summed E-state index contributed by atoms with van der Waals surface area (Å²) in [6.45, 7) is 5.68. The monoisotopic (exact) mass is 231 g/mol. The number of nitrogens with one attached hydrogen (secondary N) is 1. The fourth-order valence-corrected chi connectivity index (χ4v) is 0.978. The van der Waals surface area contributed by atoms with Crippen LogP contribution in [0.15, 0.2) is 0 Å². The molecule has 1 atom stereocenters. The lowest BCUT2D eigenvalue weighted by molar-refractivity contribution is -0.141. The van der Waals surface area contributed by atoms with E-state index in [9.17, 15) is 9.59 Å². The molecule has 0 saturated heterocycles. The summed E-state index contributed by atoms with van der Waals surface area (Å²) < 4.78 is 0. The van der Waals surface area contributed by atoms with Gasteiger partial charge in [-0.3, -0.25) is 0 Å². The van der Waals surface area contributed by atoms with E-state index in [1.54, 1.807) is 0 Å². The Bertz CT molecular complexity index is 245. The Morgan fingerprint density at radius 3 is 2.38 bits per heavy atom. The number of hydrogen-bond acceptors (Lipinski definition) is 3. The number of carbonyl (C=O) groups excluding carboxylic acids is 1. The molecule has 0 radical (unpaired) electrons. The summed E-state index contributed by atoms with van der Waals surface area (Å²) in [5.41, 5.74) is 0. The smallest absolute Gasteiger partial charge is 0.326 e. The second-order valence-corrected chi connectivity index (χ2v) is 3.75. The van der Waals surface area contributed by atoms with E-state index in [1.807, 2.05) is 14.0 Å². The minimum absolute atomic E-state index is 0.362. The van der Waals surface area contributed by atoms with Crippen molar-refractivity contribution in [3.63, 3.8) is 0 Å². The maximum absolute atomic E-state index is 11.5. The maximum Gasteiger partial charge on any atom is 0.326 e. The second-order valence-electron chi connectivity index (χ2n) is 3.75. The van der Waals surface area contributed by atoms with Crippen molar-refractivity contribution < 1.29 is 14.7 Å². The van der Waals surface area contributed by atoms with Gasteiger partial charge < -0.3 is 20.2 Å². The summed E-state index contributed by atoms with van der Waals surface area (Å²) in [6.07, 6.45) is 0. The molecule has 0 aliphatic heterocycles. The van der Waals surface area contributed by atoms with Crippen LogP contribution in [-0.4, -0.2) is 66.7 Å². The zero-order valence-electron chi connectivity index (χ0n) is 10.4. The van der Waals surface area contributed by atoms with E-state index >= 15 is 0 Å². The Balaban J connectivity index is 3.93. The minimum Gasteiger partial charge on any atom is -0.480 e. The van der Waals surface area contributed by atoms with Crippen LogP contribution in [0, 0.1) is 0 Å². The number of rotatable bonds is 6. The van der Waals surface area contributed by atoms with Crippen molar-refractivity contribution in [1.29, 1.82) is 0 Å². The molecule has 0 rings (SSSR count). The van der Waals surface area contributed by atoms with E-state index in [1.165, 1.54) is 18.9 Å². The zero-order chi connectivity index (χ0) is 12.7. The van der Waals surface area contributed by atoms with Crippen LogP contribution in [0.1, 0.15) is 13.8 Å². The molecule has 0 bridgehead atoms.